The average molecular weight is 262 g/mol. The van der Waals surface area contributed by atoms with Crippen LogP contribution in [0.4, 0.5) is 0 Å². The van der Waals surface area contributed by atoms with Crippen molar-refractivity contribution in [2.24, 2.45) is 0 Å². The maximum absolute atomic E-state index is 9.32. The molecule has 0 saturated carbocycles. The lowest BCUT2D eigenvalue weighted by molar-refractivity contribution is 0.107. The minimum Gasteiger partial charge on any atom is -0.504 e. The predicted molar refractivity (Wildman–Crippen MR) is 68.0 cm³/mol. The van der Waals surface area contributed by atoms with Crippen LogP contribution in [-0.4, -0.2) is 20.4 Å². The number of rotatable bonds is 4. The van der Waals surface area contributed by atoms with Crippen molar-refractivity contribution >= 4 is 0 Å². The molecular weight excluding hydrogens is 248 g/mol. The molecule has 19 heavy (non-hydrogen) atoms. The zero-order valence-electron chi connectivity index (χ0n) is 10.1. The van der Waals surface area contributed by atoms with E-state index in [9.17, 15) is 10.2 Å². The van der Waals surface area contributed by atoms with E-state index in [1.807, 2.05) is 0 Å². The van der Waals surface area contributed by atoms with Crippen molar-refractivity contribution in [2.75, 3.05) is 0 Å². The zero-order valence-corrected chi connectivity index (χ0v) is 10.1. The topological polar surface area (TPSA) is 90.2 Å². The summed E-state index contributed by atoms with van der Waals surface area (Å²) in [6, 6.07) is 8.90. The number of ether oxygens (including phenoxy) is 1. The van der Waals surface area contributed by atoms with Crippen LogP contribution in [0.5, 0.6) is 23.0 Å². The van der Waals surface area contributed by atoms with Gasteiger partial charge in [0.15, 0.2) is 23.0 Å². The van der Waals surface area contributed by atoms with Crippen LogP contribution in [0.1, 0.15) is 11.1 Å². The molecule has 0 aliphatic carbocycles. The van der Waals surface area contributed by atoms with Gasteiger partial charge in [0.05, 0.1) is 13.2 Å². The molecule has 0 spiro atoms. The molecule has 0 bridgehead atoms. The fraction of sp³-hybridized carbons (Fsp3) is 0.143. The van der Waals surface area contributed by atoms with Crippen LogP contribution in [-0.2, 0) is 18.0 Å². The Morgan fingerprint density at radius 1 is 0.632 bits per heavy atom. The van der Waals surface area contributed by atoms with Crippen molar-refractivity contribution in [3.63, 3.8) is 0 Å². The molecule has 0 radical (unpaired) electrons. The van der Waals surface area contributed by atoms with Crippen LogP contribution in [0, 0.1) is 0 Å². The molecule has 2 aromatic rings. The molecule has 0 aliphatic heterocycles. The van der Waals surface area contributed by atoms with Crippen LogP contribution in [0.2, 0.25) is 0 Å². The van der Waals surface area contributed by atoms with E-state index in [-0.39, 0.29) is 36.2 Å². The van der Waals surface area contributed by atoms with Crippen molar-refractivity contribution < 1.29 is 25.2 Å². The van der Waals surface area contributed by atoms with Gasteiger partial charge in [-0.05, 0) is 35.4 Å². The normalized spacial score (nSPS) is 10.5. The first-order valence-corrected chi connectivity index (χ1v) is 5.65. The van der Waals surface area contributed by atoms with Crippen molar-refractivity contribution in [1.29, 1.82) is 0 Å². The van der Waals surface area contributed by atoms with Gasteiger partial charge in [-0.3, -0.25) is 0 Å². The van der Waals surface area contributed by atoms with E-state index in [4.69, 9.17) is 14.9 Å². The number of phenolic OH excluding ortho intramolecular Hbond substituents is 4. The van der Waals surface area contributed by atoms with E-state index in [0.29, 0.717) is 0 Å². The number of hydrogen-bond acceptors (Lipinski definition) is 5. The third-order valence-corrected chi connectivity index (χ3v) is 2.62. The first-order chi connectivity index (χ1) is 9.06. The number of hydrogen-bond donors (Lipinski definition) is 4. The van der Waals surface area contributed by atoms with Gasteiger partial charge in [0.1, 0.15) is 0 Å². The summed E-state index contributed by atoms with van der Waals surface area (Å²) in [5.41, 5.74) is 1.44. The second-order valence-corrected chi connectivity index (χ2v) is 4.14. The highest BCUT2D eigenvalue weighted by Gasteiger charge is 2.03. The Bertz CT molecular complexity index is 529. The van der Waals surface area contributed by atoms with Crippen molar-refractivity contribution in [3.8, 4) is 23.0 Å². The zero-order chi connectivity index (χ0) is 13.8. The largest absolute Gasteiger partial charge is 0.504 e. The SMILES string of the molecule is Oc1ccc(COCc2ccc(O)c(O)c2)cc1O. The van der Waals surface area contributed by atoms with Gasteiger partial charge in [0, 0.05) is 0 Å². The molecule has 5 heteroatoms. The molecule has 0 fully saturated rings. The van der Waals surface area contributed by atoms with Crippen LogP contribution >= 0.6 is 0 Å². The molecule has 0 aliphatic rings. The first-order valence-electron chi connectivity index (χ1n) is 5.65. The van der Waals surface area contributed by atoms with Crippen LogP contribution in [0.3, 0.4) is 0 Å². The Kier molecular flexibility index (Phi) is 3.77. The summed E-state index contributed by atoms with van der Waals surface area (Å²) in [5.74, 6) is -0.730. The number of aromatic hydroxyl groups is 4. The molecule has 0 saturated heterocycles. The second kappa shape index (κ2) is 5.49. The van der Waals surface area contributed by atoms with Gasteiger partial charge in [-0.1, -0.05) is 12.1 Å². The molecule has 0 amide bonds. The molecule has 2 aromatic carbocycles. The van der Waals surface area contributed by atoms with E-state index in [0.717, 1.165) is 11.1 Å². The predicted octanol–water partition coefficient (Wildman–Crippen LogP) is 2.23. The summed E-state index contributed by atoms with van der Waals surface area (Å²) in [6.45, 7) is 0.519. The number of benzene rings is 2. The lowest BCUT2D eigenvalue weighted by Crippen LogP contribution is -1.94. The molecular formula is C14H14O5. The van der Waals surface area contributed by atoms with Crippen LogP contribution < -0.4 is 0 Å². The molecule has 0 aromatic heterocycles. The molecule has 2 rings (SSSR count). The monoisotopic (exact) mass is 262 g/mol. The van der Waals surface area contributed by atoms with Gasteiger partial charge < -0.3 is 25.2 Å². The molecule has 0 atom stereocenters. The maximum atomic E-state index is 9.32. The van der Waals surface area contributed by atoms with Crippen LogP contribution in [0.25, 0.3) is 0 Å². The Balaban J connectivity index is 1.92. The maximum Gasteiger partial charge on any atom is 0.157 e. The smallest absolute Gasteiger partial charge is 0.157 e. The third kappa shape index (κ3) is 3.29. The highest BCUT2D eigenvalue weighted by Crippen LogP contribution is 2.26. The molecule has 100 valence electrons. The van der Waals surface area contributed by atoms with Crippen molar-refractivity contribution in [1.82, 2.24) is 0 Å². The van der Waals surface area contributed by atoms with E-state index < -0.39 is 0 Å². The van der Waals surface area contributed by atoms with Gasteiger partial charge >= 0.3 is 0 Å². The summed E-state index contributed by atoms with van der Waals surface area (Å²) in [7, 11) is 0. The van der Waals surface area contributed by atoms with Gasteiger partial charge in [-0.25, -0.2) is 0 Å². The van der Waals surface area contributed by atoms with Gasteiger partial charge in [0.25, 0.3) is 0 Å². The Hall–Kier alpha value is -2.40. The standard InChI is InChI=1S/C14H14O5/c15-11-3-1-9(5-13(11)17)7-19-8-10-2-4-12(16)14(18)6-10/h1-6,15-18H,7-8H2. The highest BCUT2D eigenvalue weighted by atomic mass is 16.5. The van der Waals surface area contributed by atoms with Gasteiger partial charge in [0.2, 0.25) is 0 Å². The van der Waals surface area contributed by atoms with E-state index in [1.165, 1.54) is 24.3 Å². The first kappa shape index (κ1) is 13.0. The molecule has 0 heterocycles. The highest BCUT2D eigenvalue weighted by molar-refractivity contribution is 5.41. The van der Waals surface area contributed by atoms with Gasteiger partial charge in [-0.2, -0.15) is 0 Å². The van der Waals surface area contributed by atoms with Crippen LogP contribution in [0.15, 0.2) is 36.4 Å². The Morgan fingerprint density at radius 2 is 1.05 bits per heavy atom. The second-order valence-electron chi connectivity index (χ2n) is 4.14. The summed E-state index contributed by atoms with van der Waals surface area (Å²) in [6.07, 6.45) is 0. The quantitative estimate of drug-likeness (QED) is 0.634. The lowest BCUT2D eigenvalue weighted by Gasteiger charge is -2.07. The van der Waals surface area contributed by atoms with Crippen molar-refractivity contribution in [3.05, 3.63) is 47.5 Å². The van der Waals surface area contributed by atoms with E-state index >= 15 is 0 Å². The average Bonchev–Trinajstić information content (AvgIpc) is 2.38. The summed E-state index contributed by atoms with van der Waals surface area (Å²) in [5, 5.41) is 37.0. The minimum absolute atomic E-state index is 0.174. The summed E-state index contributed by atoms with van der Waals surface area (Å²) < 4.78 is 5.41. The van der Waals surface area contributed by atoms with Gasteiger partial charge in [-0.15, -0.1) is 0 Å². The minimum atomic E-state index is -0.191. The molecule has 5 nitrogen and oxygen atoms in total. The molecule has 0 unspecified atom stereocenters. The lowest BCUT2D eigenvalue weighted by atomic mass is 10.2. The Morgan fingerprint density at radius 3 is 1.42 bits per heavy atom. The van der Waals surface area contributed by atoms with E-state index in [2.05, 4.69) is 0 Å². The summed E-state index contributed by atoms with van der Waals surface area (Å²) >= 11 is 0. The Labute approximate surface area is 110 Å². The third-order valence-electron chi connectivity index (χ3n) is 2.62. The van der Waals surface area contributed by atoms with Crippen molar-refractivity contribution in [2.45, 2.75) is 13.2 Å². The fourth-order valence-electron chi connectivity index (χ4n) is 1.60. The number of phenols is 4. The fourth-order valence-corrected chi connectivity index (χ4v) is 1.60. The summed E-state index contributed by atoms with van der Waals surface area (Å²) in [4.78, 5) is 0. The van der Waals surface area contributed by atoms with E-state index in [1.54, 1.807) is 12.1 Å². The molecule has 4 N–H and O–H groups in total.